The molecule has 0 aliphatic heterocycles. The fourth-order valence-corrected chi connectivity index (χ4v) is 2.35. The summed E-state index contributed by atoms with van der Waals surface area (Å²) in [6.07, 6.45) is 2.92. The molecule has 102 valence electrons. The first-order valence-corrected chi connectivity index (χ1v) is 6.66. The zero-order chi connectivity index (χ0) is 13.8. The van der Waals surface area contributed by atoms with E-state index in [1.54, 1.807) is 6.07 Å². The number of unbranched alkanes of at least 4 members (excludes halogenated alkanes) is 1. The molecule has 1 unspecified atom stereocenters. The summed E-state index contributed by atoms with van der Waals surface area (Å²) in [6, 6.07) is 5.48. The van der Waals surface area contributed by atoms with Gasteiger partial charge >= 0.3 is 5.97 Å². The Morgan fingerprint density at radius 3 is 2.95 bits per heavy atom. The number of carbonyl (C=O) groups excluding carboxylic acids is 1. The van der Waals surface area contributed by atoms with Crippen LogP contribution in [0.25, 0.3) is 0 Å². The number of carboxylic acids is 1. The lowest BCUT2D eigenvalue weighted by Crippen LogP contribution is -2.29. The minimum Gasteiger partial charge on any atom is -0.493 e. The number of hydrogen-bond acceptors (Lipinski definition) is 3. The second-order valence-corrected chi connectivity index (χ2v) is 4.79. The van der Waals surface area contributed by atoms with E-state index >= 15 is 0 Å². The van der Waals surface area contributed by atoms with E-state index in [2.05, 4.69) is 6.92 Å². The molecule has 0 saturated carbocycles. The Morgan fingerprint density at radius 2 is 2.26 bits per heavy atom. The van der Waals surface area contributed by atoms with Gasteiger partial charge in [-0.25, -0.2) is 0 Å². The van der Waals surface area contributed by atoms with Crippen molar-refractivity contribution in [3.8, 4) is 5.75 Å². The van der Waals surface area contributed by atoms with E-state index in [1.165, 1.54) is 0 Å². The van der Waals surface area contributed by atoms with Gasteiger partial charge in [0.25, 0.3) is 0 Å². The number of carboxylic acid groups (broad SMARTS) is 1. The fraction of sp³-hybridized carbons (Fsp3) is 0.467. The van der Waals surface area contributed by atoms with Gasteiger partial charge in [-0.1, -0.05) is 25.5 Å². The van der Waals surface area contributed by atoms with Crippen molar-refractivity contribution in [1.82, 2.24) is 0 Å². The Bertz CT molecular complexity index is 493. The summed E-state index contributed by atoms with van der Waals surface area (Å²) in [6.45, 7) is 2.62. The summed E-state index contributed by atoms with van der Waals surface area (Å²) < 4.78 is 5.63. The molecule has 0 radical (unpaired) electrons. The largest absolute Gasteiger partial charge is 0.493 e. The number of hydrogen-bond donors (Lipinski definition) is 1. The average Bonchev–Trinajstić information content (AvgIpc) is 2.39. The molecule has 0 heterocycles. The van der Waals surface area contributed by atoms with Crippen molar-refractivity contribution >= 4 is 11.8 Å². The number of aryl methyl sites for hydroxylation is 1. The van der Waals surface area contributed by atoms with Gasteiger partial charge in [0.1, 0.15) is 11.7 Å². The van der Waals surface area contributed by atoms with Crippen LogP contribution in [0.2, 0.25) is 0 Å². The maximum absolute atomic E-state index is 12.3. The number of ketones is 1. The molecule has 4 nitrogen and oxygen atoms in total. The van der Waals surface area contributed by atoms with Crippen molar-refractivity contribution in [2.24, 2.45) is 5.92 Å². The molecule has 0 fully saturated rings. The van der Waals surface area contributed by atoms with E-state index in [4.69, 9.17) is 9.84 Å². The van der Waals surface area contributed by atoms with E-state index in [0.717, 1.165) is 18.4 Å². The van der Waals surface area contributed by atoms with Gasteiger partial charge in [0.15, 0.2) is 5.78 Å². The third-order valence-electron chi connectivity index (χ3n) is 3.43. The number of Topliss-reactive ketones (excluding diaryl/α,β-unsaturated/α-hetero) is 1. The summed E-state index contributed by atoms with van der Waals surface area (Å²) in [5.41, 5.74) is 1.37. The van der Waals surface area contributed by atoms with Crippen molar-refractivity contribution in [1.29, 1.82) is 0 Å². The van der Waals surface area contributed by atoms with E-state index in [1.807, 2.05) is 12.1 Å². The zero-order valence-corrected chi connectivity index (χ0v) is 11.0. The van der Waals surface area contributed by atoms with Crippen LogP contribution in [0.3, 0.4) is 0 Å². The Labute approximate surface area is 112 Å². The van der Waals surface area contributed by atoms with Crippen LogP contribution in [0.5, 0.6) is 5.75 Å². The van der Waals surface area contributed by atoms with E-state index in [9.17, 15) is 9.59 Å². The Morgan fingerprint density at radius 1 is 1.47 bits per heavy atom. The van der Waals surface area contributed by atoms with Crippen LogP contribution in [0, 0.1) is 5.92 Å². The van der Waals surface area contributed by atoms with Gasteiger partial charge in [-0.05, 0) is 30.9 Å². The number of carbonyl (C=O) groups is 2. The lowest BCUT2D eigenvalue weighted by Gasteiger charge is -2.22. The van der Waals surface area contributed by atoms with Crippen molar-refractivity contribution in [2.75, 3.05) is 6.61 Å². The monoisotopic (exact) mass is 262 g/mol. The van der Waals surface area contributed by atoms with Crippen LogP contribution in [-0.2, 0) is 11.2 Å². The highest BCUT2D eigenvalue weighted by molar-refractivity contribution is 6.11. The highest BCUT2D eigenvalue weighted by Crippen LogP contribution is 2.32. The molecule has 0 amide bonds. The molecule has 0 bridgehead atoms. The number of benzene rings is 1. The number of rotatable bonds is 5. The van der Waals surface area contributed by atoms with Crippen LogP contribution in [0.15, 0.2) is 18.2 Å². The highest BCUT2D eigenvalue weighted by atomic mass is 16.5. The van der Waals surface area contributed by atoms with Gasteiger partial charge in [-0.15, -0.1) is 0 Å². The molecule has 1 atom stereocenters. The molecule has 1 aliphatic carbocycles. The first kappa shape index (κ1) is 13.6. The second-order valence-electron chi connectivity index (χ2n) is 4.79. The third-order valence-corrected chi connectivity index (χ3v) is 3.43. The average molecular weight is 262 g/mol. The number of fused-ring (bicyclic) bond motifs is 1. The standard InChI is InChI=1S/C15H18O4/c1-2-3-9-19-12-6-4-5-10-7-8-11(15(17)18)14(16)13(10)12/h4-6,11H,2-3,7-9H2,1H3,(H,17,18). The second kappa shape index (κ2) is 5.87. The van der Waals surface area contributed by atoms with Gasteiger partial charge in [-0.3, -0.25) is 9.59 Å². The highest BCUT2D eigenvalue weighted by Gasteiger charge is 2.34. The topological polar surface area (TPSA) is 63.6 Å². The quantitative estimate of drug-likeness (QED) is 0.654. The summed E-state index contributed by atoms with van der Waals surface area (Å²) >= 11 is 0. The maximum Gasteiger partial charge on any atom is 0.314 e. The Hall–Kier alpha value is -1.84. The third kappa shape index (κ3) is 2.78. The molecule has 1 aromatic rings. The molecule has 2 rings (SSSR count). The molecule has 4 heteroatoms. The van der Waals surface area contributed by atoms with Crippen molar-refractivity contribution in [3.63, 3.8) is 0 Å². The maximum atomic E-state index is 12.3. The van der Waals surface area contributed by atoms with Crippen LogP contribution >= 0.6 is 0 Å². The predicted molar refractivity (Wildman–Crippen MR) is 70.6 cm³/mol. The van der Waals surface area contributed by atoms with Gasteiger partial charge in [-0.2, -0.15) is 0 Å². The van der Waals surface area contributed by atoms with Gasteiger partial charge < -0.3 is 9.84 Å². The molecule has 1 N–H and O–H groups in total. The van der Waals surface area contributed by atoms with E-state index < -0.39 is 11.9 Å². The predicted octanol–water partition coefficient (Wildman–Crippen LogP) is 2.70. The Balaban J connectivity index is 2.28. The molecule has 1 aliphatic rings. The molecular weight excluding hydrogens is 244 g/mol. The zero-order valence-electron chi connectivity index (χ0n) is 11.0. The smallest absolute Gasteiger partial charge is 0.314 e. The minimum atomic E-state index is -1.04. The van der Waals surface area contributed by atoms with Crippen molar-refractivity contribution in [3.05, 3.63) is 29.3 Å². The van der Waals surface area contributed by atoms with Crippen LogP contribution < -0.4 is 4.74 Å². The molecule has 19 heavy (non-hydrogen) atoms. The van der Waals surface area contributed by atoms with E-state index in [-0.39, 0.29) is 5.78 Å². The Kier molecular flexibility index (Phi) is 4.20. The SMILES string of the molecule is CCCCOc1cccc2c1C(=O)C(C(=O)O)CC2. The lowest BCUT2D eigenvalue weighted by molar-refractivity contribution is -0.140. The minimum absolute atomic E-state index is 0.319. The summed E-state index contributed by atoms with van der Waals surface area (Å²) in [4.78, 5) is 23.3. The lowest BCUT2D eigenvalue weighted by atomic mass is 9.82. The summed E-state index contributed by atoms with van der Waals surface area (Å²) in [5.74, 6) is -1.76. The van der Waals surface area contributed by atoms with Crippen molar-refractivity contribution < 1.29 is 19.4 Å². The molecule has 1 aromatic carbocycles. The molecular formula is C15H18O4. The molecule has 0 aromatic heterocycles. The van der Waals surface area contributed by atoms with E-state index in [0.29, 0.717) is 30.8 Å². The van der Waals surface area contributed by atoms with Crippen molar-refractivity contribution in [2.45, 2.75) is 32.6 Å². The molecule has 0 saturated heterocycles. The van der Waals surface area contributed by atoms with Crippen LogP contribution in [-0.4, -0.2) is 23.5 Å². The van der Waals surface area contributed by atoms with Gasteiger partial charge in [0.2, 0.25) is 0 Å². The van der Waals surface area contributed by atoms with Crippen LogP contribution in [0.1, 0.15) is 42.1 Å². The normalized spacial score (nSPS) is 17.9. The molecule has 0 spiro atoms. The summed E-state index contributed by atoms with van der Waals surface area (Å²) in [7, 11) is 0. The first-order valence-electron chi connectivity index (χ1n) is 6.66. The first-order chi connectivity index (χ1) is 9.15. The van der Waals surface area contributed by atoms with Gasteiger partial charge in [0, 0.05) is 0 Å². The van der Waals surface area contributed by atoms with Gasteiger partial charge in [0.05, 0.1) is 12.2 Å². The fourth-order valence-electron chi connectivity index (χ4n) is 2.35. The van der Waals surface area contributed by atoms with Crippen LogP contribution in [0.4, 0.5) is 0 Å². The summed E-state index contributed by atoms with van der Waals surface area (Å²) in [5, 5.41) is 9.08. The number of ether oxygens (including phenoxy) is 1. The number of aliphatic carboxylic acids is 1.